The van der Waals surface area contributed by atoms with E-state index in [1.807, 2.05) is 18.2 Å². The minimum absolute atomic E-state index is 0.642. The van der Waals surface area contributed by atoms with Gasteiger partial charge in [-0.3, -0.25) is 4.99 Å². The molecule has 2 rings (SSSR count). The zero-order valence-electron chi connectivity index (χ0n) is 16.1. The predicted octanol–water partition coefficient (Wildman–Crippen LogP) is 3.60. The molecule has 0 saturated heterocycles. The SMILES string of the molecule is CN=C(NCc1ccc(OC)c(OC)c1)NCc1ccc(C)cc1SC. The first kappa shape index (κ1) is 20.0. The Morgan fingerprint density at radius 2 is 1.73 bits per heavy atom. The normalized spacial score (nSPS) is 11.2. The Hall–Kier alpha value is -2.34. The topological polar surface area (TPSA) is 54.9 Å². The number of thioether (sulfide) groups is 1. The van der Waals surface area contributed by atoms with E-state index in [0.29, 0.717) is 6.54 Å². The highest BCUT2D eigenvalue weighted by Crippen LogP contribution is 2.27. The van der Waals surface area contributed by atoms with Crippen LogP contribution in [-0.2, 0) is 13.1 Å². The zero-order valence-corrected chi connectivity index (χ0v) is 16.9. The van der Waals surface area contributed by atoms with E-state index in [9.17, 15) is 0 Å². The van der Waals surface area contributed by atoms with Crippen molar-refractivity contribution in [3.05, 3.63) is 53.1 Å². The van der Waals surface area contributed by atoms with E-state index in [0.717, 1.165) is 29.6 Å². The number of nitrogens with one attached hydrogen (secondary N) is 2. The molecule has 26 heavy (non-hydrogen) atoms. The Morgan fingerprint density at radius 3 is 2.38 bits per heavy atom. The molecule has 5 nitrogen and oxygen atoms in total. The van der Waals surface area contributed by atoms with E-state index in [2.05, 4.69) is 47.0 Å². The summed E-state index contributed by atoms with van der Waals surface area (Å²) < 4.78 is 10.6. The maximum atomic E-state index is 5.35. The van der Waals surface area contributed by atoms with E-state index >= 15 is 0 Å². The minimum atomic E-state index is 0.642. The van der Waals surface area contributed by atoms with E-state index < -0.39 is 0 Å². The number of methoxy groups -OCH3 is 2. The lowest BCUT2D eigenvalue weighted by Gasteiger charge is -2.15. The first-order chi connectivity index (χ1) is 12.6. The van der Waals surface area contributed by atoms with Gasteiger partial charge in [0, 0.05) is 25.0 Å². The Kier molecular flexibility index (Phi) is 7.66. The third kappa shape index (κ3) is 5.33. The third-order valence-corrected chi connectivity index (χ3v) is 4.84. The lowest BCUT2D eigenvalue weighted by atomic mass is 10.1. The lowest BCUT2D eigenvalue weighted by molar-refractivity contribution is 0.354. The summed E-state index contributed by atoms with van der Waals surface area (Å²) in [5.74, 6) is 2.20. The van der Waals surface area contributed by atoms with Crippen molar-refractivity contribution >= 4 is 17.7 Å². The van der Waals surface area contributed by atoms with Crippen molar-refractivity contribution in [3.63, 3.8) is 0 Å². The summed E-state index contributed by atoms with van der Waals surface area (Å²) in [6, 6.07) is 12.4. The summed E-state index contributed by atoms with van der Waals surface area (Å²) in [4.78, 5) is 5.58. The second-order valence-electron chi connectivity index (χ2n) is 5.78. The highest BCUT2D eigenvalue weighted by Gasteiger charge is 2.06. The number of aliphatic imine (C=N–C) groups is 1. The molecule has 2 aromatic carbocycles. The van der Waals surface area contributed by atoms with Crippen LogP contribution in [0.15, 0.2) is 46.3 Å². The molecule has 0 atom stereocenters. The Morgan fingerprint density at radius 1 is 1.00 bits per heavy atom. The average molecular weight is 374 g/mol. The van der Waals surface area contributed by atoms with Gasteiger partial charge in [0.05, 0.1) is 14.2 Å². The van der Waals surface area contributed by atoms with Gasteiger partial charge < -0.3 is 20.1 Å². The van der Waals surface area contributed by atoms with Gasteiger partial charge in [0.1, 0.15) is 0 Å². The van der Waals surface area contributed by atoms with Gasteiger partial charge >= 0.3 is 0 Å². The van der Waals surface area contributed by atoms with Crippen LogP contribution in [0.25, 0.3) is 0 Å². The number of aryl methyl sites for hydroxylation is 1. The molecule has 0 aromatic heterocycles. The Labute approximate surface area is 160 Å². The maximum Gasteiger partial charge on any atom is 0.191 e. The first-order valence-corrected chi connectivity index (χ1v) is 9.62. The number of ether oxygens (including phenoxy) is 2. The lowest BCUT2D eigenvalue weighted by Crippen LogP contribution is -2.36. The van der Waals surface area contributed by atoms with Crippen molar-refractivity contribution in [1.82, 2.24) is 10.6 Å². The number of hydrogen-bond acceptors (Lipinski definition) is 4. The number of nitrogens with zero attached hydrogens (tertiary/aromatic N) is 1. The summed E-state index contributed by atoms with van der Waals surface area (Å²) in [5.41, 5.74) is 3.62. The molecule has 2 N–H and O–H groups in total. The molecular formula is C20H27N3O2S. The Balaban J connectivity index is 1.96. The molecule has 6 heteroatoms. The number of rotatable bonds is 7. The molecule has 2 aromatic rings. The second-order valence-corrected chi connectivity index (χ2v) is 6.63. The fourth-order valence-corrected chi connectivity index (χ4v) is 3.28. The summed E-state index contributed by atoms with van der Waals surface area (Å²) in [5, 5.41) is 6.70. The molecule has 0 aliphatic carbocycles. The molecule has 140 valence electrons. The molecule has 0 bridgehead atoms. The van der Waals surface area contributed by atoms with Gasteiger partial charge in [0.2, 0.25) is 0 Å². The fourth-order valence-electron chi connectivity index (χ4n) is 2.57. The van der Waals surface area contributed by atoms with Crippen LogP contribution in [-0.4, -0.2) is 33.5 Å². The van der Waals surface area contributed by atoms with Crippen molar-refractivity contribution < 1.29 is 9.47 Å². The van der Waals surface area contributed by atoms with Crippen LogP contribution in [0.3, 0.4) is 0 Å². The van der Waals surface area contributed by atoms with Crippen molar-refractivity contribution in [2.45, 2.75) is 24.9 Å². The van der Waals surface area contributed by atoms with E-state index in [4.69, 9.17) is 9.47 Å². The molecule has 0 amide bonds. The van der Waals surface area contributed by atoms with Crippen LogP contribution in [0, 0.1) is 6.92 Å². The first-order valence-electron chi connectivity index (χ1n) is 8.40. The van der Waals surface area contributed by atoms with E-state index in [-0.39, 0.29) is 0 Å². The van der Waals surface area contributed by atoms with Crippen molar-refractivity contribution in [2.24, 2.45) is 4.99 Å². The zero-order chi connectivity index (χ0) is 18.9. The minimum Gasteiger partial charge on any atom is -0.493 e. The molecular weight excluding hydrogens is 346 g/mol. The fraction of sp³-hybridized carbons (Fsp3) is 0.350. The van der Waals surface area contributed by atoms with Gasteiger partial charge in [-0.1, -0.05) is 18.2 Å². The van der Waals surface area contributed by atoms with Gasteiger partial charge in [-0.15, -0.1) is 11.8 Å². The average Bonchev–Trinajstić information content (AvgIpc) is 2.68. The van der Waals surface area contributed by atoms with Crippen molar-refractivity contribution in [3.8, 4) is 11.5 Å². The van der Waals surface area contributed by atoms with E-state index in [1.54, 1.807) is 33.0 Å². The molecule has 0 unspecified atom stereocenters. The molecule has 0 spiro atoms. The molecule has 0 fully saturated rings. The monoisotopic (exact) mass is 373 g/mol. The summed E-state index contributed by atoms with van der Waals surface area (Å²) in [6.45, 7) is 3.48. The maximum absolute atomic E-state index is 5.35. The quantitative estimate of drug-likeness (QED) is 0.441. The van der Waals surface area contributed by atoms with Crippen LogP contribution in [0.5, 0.6) is 11.5 Å². The molecule has 0 saturated carbocycles. The van der Waals surface area contributed by atoms with Crippen LogP contribution >= 0.6 is 11.8 Å². The highest BCUT2D eigenvalue weighted by molar-refractivity contribution is 7.98. The summed E-state index contributed by atoms with van der Waals surface area (Å²) >= 11 is 1.76. The third-order valence-electron chi connectivity index (χ3n) is 4.02. The standard InChI is InChI=1S/C20H27N3O2S/c1-14-6-8-16(19(10-14)26-5)13-23-20(21-2)22-12-15-7-9-17(24-3)18(11-15)25-4/h6-11H,12-13H2,1-5H3,(H2,21,22,23). The van der Waals surface area contributed by atoms with Crippen LogP contribution in [0.4, 0.5) is 0 Å². The van der Waals surface area contributed by atoms with Gasteiger partial charge in [-0.05, 0) is 48.1 Å². The Bertz CT molecular complexity index is 763. The van der Waals surface area contributed by atoms with Crippen LogP contribution in [0.2, 0.25) is 0 Å². The van der Waals surface area contributed by atoms with Crippen LogP contribution in [0.1, 0.15) is 16.7 Å². The summed E-state index contributed by atoms with van der Waals surface area (Å²) in [7, 11) is 5.05. The van der Waals surface area contributed by atoms with Crippen molar-refractivity contribution in [1.29, 1.82) is 0 Å². The number of hydrogen-bond donors (Lipinski definition) is 2. The molecule has 0 aliphatic heterocycles. The van der Waals surface area contributed by atoms with E-state index in [1.165, 1.54) is 16.0 Å². The second kappa shape index (κ2) is 9.97. The smallest absolute Gasteiger partial charge is 0.191 e. The van der Waals surface area contributed by atoms with Gasteiger partial charge in [-0.2, -0.15) is 0 Å². The molecule has 0 aliphatic rings. The van der Waals surface area contributed by atoms with Crippen LogP contribution < -0.4 is 20.1 Å². The molecule has 0 radical (unpaired) electrons. The predicted molar refractivity (Wildman–Crippen MR) is 110 cm³/mol. The van der Waals surface area contributed by atoms with Crippen molar-refractivity contribution in [2.75, 3.05) is 27.5 Å². The number of benzene rings is 2. The molecule has 0 heterocycles. The summed E-state index contributed by atoms with van der Waals surface area (Å²) in [6.07, 6.45) is 2.10. The van der Waals surface area contributed by atoms with Gasteiger partial charge in [-0.25, -0.2) is 0 Å². The number of guanidine groups is 1. The largest absolute Gasteiger partial charge is 0.493 e. The highest BCUT2D eigenvalue weighted by atomic mass is 32.2. The van der Waals surface area contributed by atoms with Gasteiger partial charge in [0.25, 0.3) is 0 Å². The van der Waals surface area contributed by atoms with Gasteiger partial charge in [0.15, 0.2) is 17.5 Å².